The zero-order valence-corrected chi connectivity index (χ0v) is 19.7. The summed E-state index contributed by atoms with van der Waals surface area (Å²) in [6, 6.07) is 12.1. The van der Waals surface area contributed by atoms with E-state index in [1.54, 1.807) is 23.2 Å². The second kappa shape index (κ2) is 11.9. The first-order valence-corrected chi connectivity index (χ1v) is 10.7. The van der Waals surface area contributed by atoms with Crippen molar-refractivity contribution >= 4 is 35.0 Å². The summed E-state index contributed by atoms with van der Waals surface area (Å²) in [6.45, 7) is 7.97. The number of nitrogens with zero attached hydrogens (tertiary/aromatic N) is 2. The number of anilines is 3. The van der Waals surface area contributed by atoms with Crippen molar-refractivity contribution in [2.75, 3.05) is 35.8 Å². The number of hydrogen-bond donors (Lipinski definition) is 3. The third kappa shape index (κ3) is 7.21. The Balaban J connectivity index is 2.24. The number of carbonyl (C=O) groups is 3. The van der Waals surface area contributed by atoms with E-state index in [9.17, 15) is 14.4 Å². The molecule has 0 aromatic heterocycles. The van der Waals surface area contributed by atoms with E-state index < -0.39 is 12.0 Å². The van der Waals surface area contributed by atoms with Crippen molar-refractivity contribution < 1.29 is 24.2 Å². The van der Waals surface area contributed by atoms with Gasteiger partial charge in [0.25, 0.3) is 0 Å². The van der Waals surface area contributed by atoms with Crippen LogP contribution in [0.3, 0.4) is 0 Å². The highest BCUT2D eigenvalue weighted by atomic mass is 16.5. The van der Waals surface area contributed by atoms with Gasteiger partial charge in [0.15, 0.2) is 0 Å². The summed E-state index contributed by atoms with van der Waals surface area (Å²) < 4.78 is 5.46. The topological polar surface area (TPSA) is 111 Å². The smallest absolute Gasteiger partial charge is 0.323 e. The molecule has 9 heteroatoms. The average molecular weight is 457 g/mol. The lowest BCUT2D eigenvalue weighted by Gasteiger charge is -2.35. The van der Waals surface area contributed by atoms with Crippen LogP contribution in [0.1, 0.15) is 32.8 Å². The molecular weight excluding hydrogens is 424 g/mol. The second-order valence-electron chi connectivity index (χ2n) is 7.82. The molecule has 0 heterocycles. The summed E-state index contributed by atoms with van der Waals surface area (Å²) in [4.78, 5) is 36.0. The fourth-order valence-electron chi connectivity index (χ4n) is 3.52. The van der Waals surface area contributed by atoms with E-state index in [2.05, 4.69) is 10.6 Å². The maximum absolute atomic E-state index is 12.5. The molecule has 0 aliphatic carbocycles. The predicted molar refractivity (Wildman–Crippen MR) is 129 cm³/mol. The molecule has 0 aliphatic rings. The Morgan fingerprint density at radius 1 is 1.09 bits per heavy atom. The highest BCUT2D eigenvalue weighted by Gasteiger charge is 2.23. The molecule has 0 saturated carbocycles. The lowest BCUT2D eigenvalue weighted by atomic mass is 10.1. The van der Waals surface area contributed by atoms with E-state index in [1.807, 2.05) is 45.0 Å². The first-order chi connectivity index (χ1) is 15.7. The summed E-state index contributed by atoms with van der Waals surface area (Å²) in [5, 5.41) is 17.9. The monoisotopic (exact) mass is 456 g/mol. The maximum atomic E-state index is 12.5. The lowest BCUT2D eigenvalue weighted by molar-refractivity contribution is -0.138. The number of carboxylic acid groups (broad SMARTS) is 1. The van der Waals surface area contributed by atoms with E-state index in [0.29, 0.717) is 35.9 Å². The van der Waals surface area contributed by atoms with Gasteiger partial charge in [0.05, 0.1) is 18.5 Å². The molecule has 33 heavy (non-hydrogen) atoms. The van der Waals surface area contributed by atoms with Crippen molar-refractivity contribution in [3.05, 3.63) is 48.0 Å². The zero-order chi connectivity index (χ0) is 24.5. The van der Waals surface area contributed by atoms with Crippen molar-refractivity contribution in [2.45, 2.75) is 34.1 Å². The van der Waals surface area contributed by atoms with Crippen LogP contribution in [0.25, 0.3) is 0 Å². The van der Waals surface area contributed by atoms with E-state index in [-0.39, 0.29) is 18.2 Å². The number of carbonyl (C=O) groups excluding carboxylic acids is 2. The fourth-order valence-corrected chi connectivity index (χ4v) is 3.52. The van der Waals surface area contributed by atoms with Gasteiger partial charge < -0.3 is 20.5 Å². The molecule has 2 aromatic carbocycles. The molecule has 0 fully saturated rings. The van der Waals surface area contributed by atoms with E-state index >= 15 is 0 Å². The third-order valence-electron chi connectivity index (χ3n) is 5.06. The van der Waals surface area contributed by atoms with Gasteiger partial charge in [-0.3, -0.25) is 9.59 Å². The molecule has 9 nitrogen and oxygen atoms in total. The number of carboxylic acids is 1. The van der Waals surface area contributed by atoms with Crippen molar-refractivity contribution in [1.82, 2.24) is 5.01 Å². The van der Waals surface area contributed by atoms with E-state index in [0.717, 1.165) is 5.56 Å². The van der Waals surface area contributed by atoms with Gasteiger partial charge in [-0.25, -0.2) is 14.8 Å². The molecule has 0 aliphatic heterocycles. The third-order valence-corrected chi connectivity index (χ3v) is 5.06. The van der Waals surface area contributed by atoms with Crippen LogP contribution in [0.15, 0.2) is 42.5 Å². The number of nitrogens with one attached hydrogen (secondary N) is 2. The Bertz CT molecular complexity index is 995. The first kappa shape index (κ1) is 25.7. The van der Waals surface area contributed by atoms with Crippen molar-refractivity contribution in [3.8, 4) is 5.75 Å². The first-order valence-electron chi connectivity index (χ1n) is 10.7. The van der Waals surface area contributed by atoms with Gasteiger partial charge in [-0.05, 0) is 36.6 Å². The molecule has 0 bridgehead atoms. The Morgan fingerprint density at radius 2 is 1.76 bits per heavy atom. The number of benzene rings is 2. The summed E-state index contributed by atoms with van der Waals surface area (Å²) >= 11 is 0. The summed E-state index contributed by atoms with van der Waals surface area (Å²) in [7, 11) is 1.48. The number of rotatable bonds is 10. The second-order valence-corrected chi connectivity index (χ2v) is 7.82. The zero-order valence-electron chi connectivity index (χ0n) is 19.7. The molecule has 3 amide bonds. The molecule has 0 radical (unpaired) electrons. The number of urea groups is 1. The molecule has 0 saturated heterocycles. The van der Waals surface area contributed by atoms with Crippen molar-refractivity contribution in [3.63, 3.8) is 0 Å². The lowest BCUT2D eigenvalue weighted by Crippen LogP contribution is -2.47. The molecular formula is C24H32N4O5. The highest BCUT2D eigenvalue weighted by Crippen LogP contribution is 2.31. The minimum atomic E-state index is -0.881. The van der Waals surface area contributed by atoms with E-state index in [4.69, 9.17) is 9.84 Å². The fraction of sp³-hybridized carbons (Fsp3) is 0.375. The van der Waals surface area contributed by atoms with Crippen LogP contribution in [0.4, 0.5) is 21.9 Å². The van der Waals surface area contributed by atoms with Crippen LogP contribution < -0.4 is 20.4 Å². The molecule has 1 unspecified atom stereocenters. The number of methoxy groups -OCH3 is 1. The number of aliphatic carboxylic acids is 1. The van der Waals surface area contributed by atoms with Crippen LogP contribution in [-0.2, 0) is 9.59 Å². The molecule has 2 aromatic rings. The molecule has 178 valence electrons. The Morgan fingerprint density at radius 3 is 2.33 bits per heavy atom. The summed E-state index contributed by atoms with van der Waals surface area (Å²) in [6.07, 6.45) is 0.00439. The van der Waals surface area contributed by atoms with Gasteiger partial charge in [0.1, 0.15) is 5.75 Å². The van der Waals surface area contributed by atoms with Gasteiger partial charge in [-0.15, -0.1) is 0 Å². The SMILES string of the molecule is CCN(CC(C)CC(=O)O)N(C(C)=O)c1ccc(NC(=O)Nc2ccccc2C)c(OC)c1. The molecule has 0 spiro atoms. The largest absolute Gasteiger partial charge is 0.494 e. The number of aryl methyl sites for hydroxylation is 1. The summed E-state index contributed by atoms with van der Waals surface area (Å²) in [5.41, 5.74) is 2.62. The van der Waals surface area contributed by atoms with Crippen molar-refractivity contribution in [1.29, 1.82) is 0 Å². The van der Waals surface area contributed by atoms with Crippen LogP contribution in [-0.4, -0.2) is 48.2 Å². The van der Waals surface area contributed by atoms with Gasteiger partial charge >= 0.3 is 12.0 Å². The number of hydrazine groups is 1. The number of ether oxygens (including phenoxy) is 1. The van der Waals surface area contributed by atoms with Gasteiger partial charge in [-0.2, -0.15) is 0 Å². The predicted octanol–water partition coefficient (Wildman–Crippen LogP) is 4.35. The quantitative estimate of drug-likeness (QED) is 0.459. The van der Waals surface area contributed by atoms with Crippen LogP contribution in [0.5, 0.6) is 5.75 Å². The van der Waals surface area contributed by atoms with Crippen LogP contribution in [0, 0.1) is 12.8 Å². The molecule has 1 atom stereocenters. The van der Waals surface area contributed by atoms with Crippen LogP contribution in [0.2, 0.25) is 0 Å². The highest BCUT2D eigenvalue weighted by molar-refractivity contribution is 6.01. The van der Waals surface area contributed by atoms with Gasteiger partial charge in [0.2, 0.25) is 5.91 Å². The Hall–Kier alpha value is -3.59. The van der Waals surface area contributed by atoms with E-state index in [1.165, 1.54) is 19.0 Å². The standard InChI is InChI=1S/C24H32N4O5/c1-6-27(15-16(2)13-23(30)31)28(18(4)29)19-11-12-21(22(14-19)33-5)26-24(32)25-20-10-8-7-9-17(20)3/h7-12,14,16H,6,13,15H2,1-5H3,(H,30,31)(H2,25,26,32). The Labute approximate surface area is 194 Å². The van der Waals surface area contributed by atoms with Crippen LogP contribution >= 0.6 is 0 Å². The Kier molecular flexibility index (Phi) is 9.23. The van der Waals surface area contributed by atoms with Crippen molar-refractivity contribution in [2.24, 2.45) is 5.92 Å². The number of para-hydroxylation sites is 1. The number of hydrogen-bond acceptors (Lipinski definition) is 5. The van der Waals surface area contributed by atoms with Gasteiger partial charge in [0, 0.05) is 38.2 Å². The number of amides is 3. The maximum Gasteiger partial charge on any atom is 0.323 e. The van der Waals surface area contributed by atoms with Gasteiger partial charge in [-0.1, -0.05) is 32.0 Å². The minimum absolute atomic E-state index is 0.00439. The normalized spacial score (nSPS) is 11.6. The molecule has 2 rings (SSSR count). The molecule has 3 N–H and O–H groups in total. The minimum Gasteiger partial charge on any atom is -0.494 e. The average Bonchev–Trinajstić information content (AvgIpc) is 2.74. The summed E-state index contributed by atoms with van der Waals surface area (Å²) in [5.74, 6) is -0.876.